The molecule has 1 aromatic heterocycles. The van der Waals surface area contributed by atoms with Crippen LogP contribution in [0, 0.1) is 0 Å². The van der Waals surface area contributed by atoms with Crippen molar-refractivity contribution in [2.45, 2.75) is 12.5 Å². The van der Waals surface area contributed by atoms with Crippen molar-refractivity contribution in [2.24, 2.45) is 0 Å². The Kier molecular flexibility index (Phi) is 3.07. The second-order valence-electron chi connectivity index (χ2n) is 6.53. The highest BCUT2D eigenvalue weighted by atomic mass is 16.3. The first kappa shape index (κ1) is 14.2. The topological polar surface area (TPSA) is 48.0 Å². The number of H-pyrrole nitrogens is 1. The van der Waals surface area contributed by atoms with Gasteiger partial charge >= 0.3 is 0 Å². The number of anilines is 1. The fourth-order valence-corrected chi connectivity index (χ4v) is 3.89. The molecule has 122 valence electrons. The number of aromatic nitrogens is 1. The Bertz CT molecular complexity index is 1080. The number of para-hydroxylation sites is 3. The van der Waals surface area contributed by atoms with Crippen molar-refractivity contribution >= 4 is 16.6 Å². The van der Waals surface area contributed by atoms with Gasteiger partial charge in [-0.15, -0.1) is 0 Å². The predicted molar refractivity (Wildman–Crippen MR) is 101 cm³/mol. The number of nitrogens with one attached hydrogen (secondary N) is 2. The number of benzene rings is 3. The van der Waals surface area contributed by atoms with Gasteiger partial charge in [0.05, 0.1) is 6.04 Å². The number of hydrogen-bond acceptors (Lipinski definition) is 2. The van der Waals surface area contributed by atoms with Gasteiger partial charge in [0.15, 0.2) is 0 Å². The van der Waals surface area contributed by atoms with Gasteiger partial charge in [-0.3, -0.25) is 0 Å². The van der Waals surface area contributed by atoms with Crippen LogP contribution in [0.3, 0.4) is 0 Å². The van der Waals surface area contributed by atoms with Crippen molar-refractivity contribution < 1.29 is 5.11 Å². The van der Waals surface area contributed by atoms with Gasteiger partial charge < -0.3 is 15.4 Å². The number of aromatic hydroxyl groups is 1. The molecular formula is C22H18N2O. The Hall–Kier alpha value is -3.20. The number of phenols is 1. The summed E-state index contributed by atoms with van der Waals surface area (Å²) in [7, 11) is 0. The van der Waals surface area contributed by atoms with Crippen molar-refractivity contribution in [3.8, 4) is 5.75 Å². The minimum absolute atomic E-state index is 0.101. The molecule has 0 spiro atoms. The van der Waals surface area contributed by atoms with Crippen molar-refractivity contribution in [3.63, 3.8) is 0 Å². The molecule has 0 radical (unpaired) electrons. The van der Waals surface area contributed by atoms with Gasteiger partial charge in [0.2, 0.25) is 0 Å². The van der Waals surface area contributed by atoms with Crippen LogP contribution >= 0.6 is 0 Å². The van der Waals surface area contributed by atoms with E-state index >= 15 is 0 Å². The maximum Gasteiger partial charge on any atom is 0.121 e. The Labute approximate surface area is 146 Å². The maximum atomic E-state index is 10.5. The number of aromatic amines is 1. The molecule has 2 heterocycles. The lowest BCUT2D eigenvalue weighted by atomic mass is 9.95. The first-order valence-corrected chi connectivity index (χ1v) is 8.53. The summed E-state index contributed by atoms with van der Waals surface area (Å²) in [6.07, 6.45) is 0.845. The van der Waals surface area contributed by atoms with E-state index in [0.717, 1.165) is 23.2 Å². The molecule has 0 fully saturated rings. The second kappa shape index (κ2) is 5.42. The van der Waals surface area contributed by atoms with Crippen molar-refractivity contribution in [2.75, 3.05) is 5.32 Å². The zero-order valence-electron chi connectivity index (χ0n) is 13.7. The summed E-state index contributed by atoms with van der Waals surface area (Å²) in [4.78, 5) is 3.59. The van der Waals surface area contributed by atoms with Gasteiger partial charge in [-0.25, -0.2) is 0 Å². The van der Waals surface area contributed by atoms with Crippen LogP contribution < -0.4 is 5.32 Å². The first-order chi connectivity index (χ1) is 12.3. The quantitative estimate of drug-likeness (QED) is 0.462. The van der Waals surface area contributed by atoms with E-state index in [1.807, 2.05) is 24.3 Å². The van der Waals surface area contributed by atoms with E-state index < -0.39 is 0 Å². The van der Waals surface area contributed by atoms with Crippen LogP contribution in [-0.2, 0) is 6.42 Å². The maximum absolute atomic E-state index is 10.5. The van der Waals surface area contributed by atoms with Gasteiger partial charge in [0.25, 0.3) is 0 Å². The Morgan fingerprint density at radius 2 is 1.60 bits per heavy atom. The zero-order chi connectivity index (χ0) is 16.8. The van der Waals surface area contributed by atoms with Gasteiger partial charge in [0.1, 0.15) is 5.75 Å². The summed E-state index contributed by atoms with van der Waals surface area (Å²) in [5.41, 5.74) is 6.82. The fraction of sp³-hybridized carbons (Fsp3) is 0.0909. The molecule has 3 aromatic carbocycles. The lowest BCUT2D eigenvalue weighted by molar-refractivity contribution is 0.466. The van der Waals surface area contributed by atoms with Crippen molar-refractivity contribution in [1.29, 1.82) is 0 Å². The van der Waals surface area contributed by atoms with Crippen LogP contribution in [-0.4, -0.2) is 10.1 Å². The molecule has 0 saturated heterocycles. The molecule has 1 aliphatic rings. The fourth-order valence-electron chi connectivity index (χ4n) is 3.89. The minimum atomic E-state index is -0.101. The molecular weight excluding hydrogens is 308 g/mol. The van der Waals surface area contributed by atoms with E-state index in [1.54, 1.807) is 6.07 Å². The summed E-state index contributed by atoms with van der Waals surface area (Å²) >= 11 is 0. The Morgan fingerprint density at radius 1 is 0.840 bits per heavy atom. The average molecular weight is 326 g/mol. The van der Waals surface area contributed by atoms with Gasteiger partial charge in [-0.2, -0.15) is 0 Å². The van der Waals surface area contributed by atoms with E-state index in [-0.39, 0.29) is 6.04 Å². The summed E-state index contributed by atoms with van der Waals surface area (Å²) in [6.45, 7) is 0. The molecule has 0 aliphatic carbocycles. The van der Waals surface area contributed by atoms with Crippen LogP contribution in [0.2, 0.25) is 0 Å². The molecule has 0 saturated carbocycles. The molecule has 0 amide bonds. The normalized spacial score (nSPS) is 15.9. The highest BCUT2D eigenvalue weighted by Gasteiger charge is 2.27. The van der Waals surface area contributed by atoms with Gasteiger partial charge in [-0.1, -0.05) is 54.6 Å². The third-order valence-electron chi connectivity index (χ3n) is 5.05. The smallest absolute Gasteiger partial charge is 0.121 e. The number of rotatable bonds is 1. The van der Waals surface area contributed by atoms with E-state index in [9.17, 15) is 5.11 Å². The van der Waals surface area contributed by atoms with Crippen molar-refractivity contribution in [1.82, 2.24) is 4.98 Å². The van der Waals surface area contributed by atoms with E-state index in [2.05, 4.69) is 52.8 Å². The third-order valence-corrected chi connectivity index (χ3v) is 5.05. The molecule has 3 nitrogen and oxygen atoms in total. The van der Waals surface area contributed by atoms with E-state index in [1.165, 1.54) is 22.2 Å². The molecule has 25 heavy (non-hydrogen) atoms. The average Bonchev–Trinajstić information content (AvgIpc) is 2.91. The zero-order valence-corrected chi connectivity index (χ0v) is 13.7. The molecule has 4 aromatic rings. The predicted octanol–water partition coefficient (Wildman–Crippen LogP) is 4.98. The van der Waals surface area contributed by atoms with E-state index in [4.69, 9.17) is 0 Å². The van der Waals surface area contributed by atoms with Crippen LogP contribution in [0.25, 0.3) is 10.9 Å². The minimum Gasteiger partial charge on any atom is -0.508 e. The lowest BCUT2D eigenvalue weighted by Crippen LogP contribution is -2.12. The molecule has 1 unspecified atom stereocenters. The number of fused-ring (bicyclic) bond motifs is 4. The molecule has 5 rings (SSSR count). The summed E-state index contributed by atoms with van der Waals surface area (Å²) < 4.78 is 0. The molecule has 1 atom stereocenters. The van der Waals surface area contributed by atoms with Crippen LogP contribution in [0.15, 0.2) is 72.8 Å². The van der Waals surface area contributed by atoms with Crippen LogP contribution in [0.5, 0.6) is 5.75 Å². The largest absolute Gasteiger partial charge is 0.508 e. The Balaban J connectivity index is 1.81. The molecule has 3 heteroatoms. The van der Waals surface area contributed by atoms with Crippen LogP contribution in [0.4, 0.5) is 5.69 Å². The Morgan fingerprint density at radius 3 is 2.52 bits per heavy atom. The highest BCUT2D eigenvalue weighted by Crippen LogP contribution is 2.41. The lowest BCUT2D eigenvalue weighted by Gasteiger charge is -2.21. The van der Waals surface area contributed by atoms with Crippen LogP contribution in [0.1, 0.15) is 28.4 Å². The van der Waals surface area contributed by atoms with Gasteiger partial charge in [0, 0.05) is 39.8 Å². The number of hydrogen-bond donors (Lipinski definition) is 3. The molecule has 3 N–H and O–H groups in total. The second-order valence-corrected chi connectivity index (χ2v) is 6.53. The monoisotopic (exact) mass is 326 g/mol. The first-order valence-electron chi connectivity index (χ1n) is 8.53. The number of phenolic OH excluding ortho intramolecular Hbond substituents is 1. The SMILES string of the molecule is Oc1ccccc1C1Nc2ccccc2Cc2[nH]c3ccccc3c21. The third kappa shape index (κ3) is 2.20. The molecule has 1 aliphatic heterocycles. The van der Waals surface area contributed by atoms with Crippen molar-refractivity contribution in [3.05, 3.63) is 95.2 Å². The van der Waals surface area contributed by atoms with Gasteiger partial charge in [-0.05, 0) is 23.8 Å². The highest BCUT2D eigenvalue weighted by molar-refractivity contribution is 5.87. The summed E-state index contributed by atoms with van der Waals surface area (Å²) in [5, 5.41) is 15.4. The molecule has 0 bridgehead atoms. The summed E-state index contributed by atoms with van der Waals surface area (Å²) in [5.74, 6) is 0.315. The van der Waals surface area contributed by atoms with E-state index in [0.29, 0.717) is 5.75 Å². The summed E-state index contributed by atoms with van der Waals surface area (Å²) in [6, 6.07) is 24.2. The standard InChI is InChI=1S/C22H18N2O/c25-20-12-6-3-9-16(20)22-21-15-8-2-5-11-18(15)23-19(21)13-14-7-1-4-10-17(14)24-22/h1-12,22-25H,13H2.